The molecular formula is C34H64Cl2P2Pd. The van der Waals surface area contributed by atoms with Crippen LogP contribution >= 0.6 is 30.0 Å². The summed E-state index contributed by atoms with van der Waals surface area (Å²) in [6.07, 6.45) is 37.0. The van der Waals surface area contributed by atoms with E-state index >= 15 is 0 Å². The zero-order valence-electron chi connectivity index (χ0n) is 26.1. The summed E-state index contributed by atoms with van der Waals surface area (Å²) >= 11 is -2.79. The number of rotatable bonds is 10. The third-order valence-electron chi connectivity index (χ3n) is 11.4. The predicted octanol–water partition coefficient (Wildman–Crippen LogP) is 13.0. The summed E-state index contributed by atoms with van der Waals surface area (Å²) in [7, 11) is 17.7. The average molecular weight is 712 g/mol. The molecular weight excluding hydrogens is 648 g/mol. The Bertz CT molecular complexity index is 703. The Hall–Kier alpha value is 1.58. The van der Waals surface area contributed by atoms with Crippen molar-refractivity contribution in [3.63, 3.8) is 0 Å². The quantitative estimate of drug-likeness (QED) is 0.120. The van der Waals surface area contributed by atoms with Gasteiger partial charge in [-0.3, -0.25) is 0 Å². The van der Waals surface area contributed by atoms with Crippen molar-refractivity contribution in [1.29, 1.82) is 0 Å². The predicted molar refractivity (Wildman–Crippen MR) is 184 cm³/mol. The first-order chi connectivity index (χ1) is 18.8. The van der Waals surface area contributed by atoms with Gasteiger partial charge >= 0.3 is 257 Å². The van der Waals surface area contributed by atoms with Gasteiger partial charge < -0.3 is 0 Å². The first kappa shape index (κ1) is 33.5. The van der Waals surface area contributed by atoms with Gasteiger partial charge in [-0.05, 0) is 0 Å². The van der Waals surface area contributed by atoms with E-state index in [0.717, 1.165) is 22.6 Å². The van der Waals surface area contributed by atoms with Gasteiger partial charge in [0.25, 0.3) is 0 Å². The molecule has 0 radical (unpaired) electrons. The zero-order valence-corrected chi connectivity index (χ0v) is 31.2. The molecule has 4 rings (SSSR count). The SMILES string of the molecule is CC(C)=CC[PH](C1CCCCC1)(C1CCCCC1)[Pd]([Cl])([Cl])[PH](CC=C(C)C)(C1CCCCC1)C1CCCCC1. The van der Waals surface area contributed by atoms with Crippen LogP contribution in [0, 0.1) is 0 Å². The molecule has 39 heavy (non-hydrogen) atoms. The van der Waals surface area contributed by atoms with Gasteiger partial charge in [0.15, 0.2) is 0 Å². The van der Waals surface area contributed by atoms with E-state index < -0.39 is 23.4 Å². The van der Waals surface area contributed by atoms with Gasteiger partial charge in [0.05, 0.1) is 0 Å². The molecule has 0 aromatic heterocycles. The van der Waals surface area contributed by atoms with Crippen molar-refractivity contribution < 1.29 is 12.5 Å². The van der Waals surface area contributed by atoms with E-state index in [4.69, 9.17) is 19.1 Å². The fourth-order valence-electron chi connectivity index (χ4n) is 9.39. The van der Waals surface area contributed by atoms with Crippen LogP contribution in [-0.2, 0) is 12.5 Å². The Morgan fingerprint density at radius 1 is 0.487 bits per heavy atom. The molecule has 4 aliphatic rings. The van der Waals surface area contributed by atoms with Gasteiger partial charge in [-0.2, -0.15) is 0 Å². The van der Waals surface area contributed by atoms with Crippen LogP contribution in [0.4, 0.5) is 0 Å². The van der Waals surface area contributed by atoms with E-state index in [1.165, 1.54) is 152 Å². The van der Waals surface area contributed by atoms with E-state index in [9.17, 15) is 0 Å². The van der Waals surface area contributed by atoms with E-state index in [-0.39, 0.29) is 0 Å². The third kappa shape index (κ3) is 7.29. The first-order valence-electron chi connectivity index (χ1n) is 17.1. The van der Waals surface area contributed by atoms with Crippen LogP contribution < -0.4 is 0 Å². The molecule has 0 heterocycles. The number of hydrogen-bond donors (Lipinski definition) is 0. The molecule has 0 N–H and O–H groups in total. The fourth-order valence-corrected chi connectivity index (χ4v) is 81.8. The second kappa shape index (κ2) is 15.5. The van der Waals surface area contributed by atoms with Crippen LogP contribution in [0.25, 0.3) is 0 Å². The summed E-state index contributed by atoms with van der Waals surface area (Å²) in [5.41, 5.74) is 2.56. The monoisotopic (exact) mass is 710 g/mol. The third-order valence-corrected chi connectivity index (χ3v) is 68.7. The van der Waals surface area contributed by atoms with Crippen molar-refractivity contribution in [1.82, 2.24) is 0 Å². The normalized spacial score (nSPS) is 25.2. The minimum atomic E-state index is -2.79. The molecule has 0 saturated heterocycles. The first-order valence-corrected chi connectivity index (χ1v) is 30.1. The molecule has 4 fully saturated rings. The maximum absolute atomic E-state index is 8.86. The van der Waals surface area contributed by atoms with E-state index in [1.807, 2.05) is 0 Å². The van der Waals surface area contributed by atoms with Crippen LogP contribution in [0.2, 0.25) is 0 Å². The maximum atomic E-state index is 8.86. The Kier molecular flexibility index (Phi) is 13.3. The molecule has 0 amide bonds. The summed E-state index contributed by atoms with van der Waals surface area (Å²) in [6, 6.07) is 0. The molecule has 0 bridgehead atoms. The van der Waals surface area contributed by atoms with Gasteiger partial charge in [0.1, 0.15) is 0 Å². The zero-order chi connectivity index (χ0) is 27.9. The van der Waals surface area contributed by atoms with Crippen molar-refractivity contribution in [3.8, 4) is 0 Å². The fraction of sp³-hybridized carbons (Fsp3) is 0.882. The Morgan fingerprint density at radius 3 is 0.923 bits per heavy atom. The molecule has 5 heteroatoms. The number of hydrogen-bond acceptors (Lipinski definition) is 0. The number of allylic oxidation sites excluding steroid dienone is 4. The summed E-state index contributed by atoms with van der Waals surface area (Å²) < 4.78 is 0. The second-order valence-electron chi connectivity index (χ2n) is 14.4. The molecule has 4 saturated carbocycles. The summed E-state index contributed by atoms with van der Waals surface area (Å²) in [6.45, 7) is 9.40. The van der Waals surface area contributed by atoms with Crippen molar-refractivity contribution in [2.45, 2.75) is 179 Å². The Morgan fingerprint density at radius 2 is 0.718 bits per heavy atom. The molecule has 0 atom stereocenters. The molecule has 0 aromatic rings. The molecule has 0 aromatic carbocycles. The van der Waals surface area contributed by atoms with E-state index in [1.54, 1.807) is 0 Å². The topological polar surface area (TPSA) is 0 Å². The Labute approximate surface area is 255 Å². The second-order valence-corrected chi connectivity index (χ2v) is 49.6. The summed E-state index contributed by atoms with van der Waals surface area (Å²) in [4.78, 5) is 0. The van der Waals surface area contributed by atoms with Crippen molar-refractivity contribution >= 4 is 30.0 Å². The van der Waals surface area contributed by atoms with Crippen LogP contribution in [0.15, 0.2) is 23.3 Å². The van der Waals surface area contributed by atoms with Crippen LogP contribution in [0.1, 0.15) is 156 Å². The van der Waals surface area contributed by atoms with Crippen LogP contribution in [0.3, 0.4) is 0 Å². The molecule has 0 spiro atoms. The Balaban J connectivity index is 1.97. The molecule has 4 aliphatic carbocycles. The van der Waals surface area contributed by atoms with Crippen molar-refractivity contribution in [3.05, 3.63) is 23.3 Å². The molecule has 0 unspecified atom stereocenters. The minimum absolute atomic E-state index is 0.891. The van der Waals surface area contributed by atoms with Gasteiger partial charge in [-0.15, -0.1) is 0 Å². The number of halogens is 2. The van der Waals surface area contributed by atoms with Crippen molar-refractivity contribution in [2.75, 3.05) is 12.3 Å². The summed E-state index contributed by atoms with van der Waals surface area (Å²) in [5, 5.41) is 0. The van der Waals surface area contributed by atoms with Gasteiger partial charge in [-0.1, -0.05) is 0 Å². The van der Waals surface area contributed by atoms with E-state index in [2.05, 4.69) is 39.8 Å². The van der Waals surface area contributed by atoms with Gasteiger partial charge in [0, 0.05) is 0 Å². The average Bonchev–Trinajstić information content (AvgIpc) is 2.95. The molecule has 0 aliphatic heterocycles. The van der Waals surface area contributed by atoms with Gasteiger partial charge in [0.2, 0.25) is 0 Å². The van der Waals surface area contributed by atoms with Gasteiger partial charge in [-0.25, -0.2) is 0 Å². The van der Waals surface area contributed by atoms with E-state index in [0.29, 0.717) is 0 Å². The molecule has 234 valence electrons. The van der Waals surface area contributed by atoms with Crippen LogP contribution in [0.5, 0.6) is 0 Å². The van der Waals surface area contributed by atoms with Crippen molar-refractivity contribution in [2.24, 2.45) is 0 Å². The summed E-state index contributed by atoms with van der Waals surface area (Å²) in [5.74, 6) is 0. The van der Waals surface area contributed by atoms with Crippen LogP contribution in [-0.4, -0.2) is 35.0 Å². The standard InChI is InChI=1S/2C17H31P.2ClH.Pd/c2*1-15(2)13-14-18(16-9-5-3-6-10-16)17-11-7-4-8-12-17;;;/h2*13,16-17H,3-12,14H2,1-2H3;2*1H;. The molecule has 0 nitrogen and oxygen atoms in total.